The van der Waals surface area contributed by atoms with Gasteiger partial charge in [-0.1, -0.05) is 42.0 Å². The number of aryl methyl sites for hydroxylation is 1. The summed E-state index contributed by atoms with van der Waals surface area (Å²) in [5.74, 6) is -0.942. The highest BCUT2D eigenvalue weighted by molar-refractivity contribution is 6.46. The van der Waals surface area contributed by atoms with E-state index in [4.69, 9.17) is 4.74 Å². The molecule has 0 spiro atoms. The Morgan fingerprint density at radius 2 is 1.69 bits per heavy atom. The van der Waals surface area contributed by atoms with E-state index >= 15 is 0 Å². The van der Waals surface area contributed by atoms with Crippen molar-refractivity contribution in [1.29, 1.82) is 0 Å². The number of nitrogens with zero attached hydrogens (tertiary/aromatic N) is 2. The molecule has 1 saturated heterocycles. The predicted molar refractivity (Wildman–Crippen MR) is 138 cm³/mol. The summed E-state index contributed by atoms with van der Waals surface area (Å²) in [4.78, 5) is 29.4. The third-order valence-corrected chi connectivity index (χ3v) is 6.15. The highest BCUT2D eigenvalue weighted by Gasteiger charge is 2.45. The number of ether oxygens (including phenoxy) is 1. The standard InChI is InChI=1S/C29H30N2O5/c1-19-5-4-6-20(17-19)18-36-24-13-9-22(10-14-24)27(33)25-26(21-7-11-23(32)12-8-21)31(16-15-30(2)3)29(35)28(25)34/h4-14,17,26,32-33H,15-16,18H2,1-3H3/b27-25-. The van der Waals surface area contributed by atoms with Crippen LogP contribution < -0.4 is 4.74 Å². The van der Waals surface area contributed by atoms with Crippen molar-refractivity contribution >= 4 is 17.4 Å². The summed E-state index contributed by atoms with van der Waals surface area (Å²) >= 11 is 0. The predicted octanol–water partition coefficient (Wildman–Crippen LogP) is 4.26. The van der Waals surface area contributed by atoms with Crippen LogP contribution in [-0.4, -0.2) is 58.9 Å². The molecule has 3 aromatic carbocycles. The smallest absolute Gasteiger partial charge is 0.295 e. The molecule has 0 aromatic heterocycles. The number of rotatable bonds is 8. The van der Waals surface area contributed by atoms with Crippen LogP contribution in [0.5, 0.6) is 11.5 Å². The molecule has 1 atom stereocenters. The van der Waals surface area contributed by atoms with Crippen molar-refractivity contribution < 1.29 is 24.5 Å². The van der Waals surface area contributed by atoms with Crippen LogP contribution in [0.1, 0.15) is 28.3 Å². The number of Topliss-reactive ketones (excluding diaryl/α,β-unsaturated/α-hetero) is 1. The largest absolute Gasteiger partial charge is 0.508 e. The first-order valence-corrected chi connectivity index (χ1v) is 11.8. The van der Waals surface area contributed by atoms with Crippen molar-refractivity contribution in [3.63, 3.8) is 0 Å². The molecule has 36 heavy (non-hydrogen) atoms. The first-order valence-electron chi connectivity index (χ1n) is 11.8. The fraction of sp³-hybridized carbons (Fsp3) is 0.241. The van der Waals surface area contributed by atoms with Crippen LogP contribution in [0, 0.1) is 6.92 Å². The topological polar surface area (TPSA) is 90.3 Å². The van der Waals surface area contributed by atoms with Crippen LogP contribution in [0.2, 0.25) is 0 Å². The maximum absolute atomic E-state index is 13.1. The summed E-state index contributed by atoms with van der Waals surface area (Å²) in [5, 5.41) is 20.9. The fourth-order valence-corrected chi connectivity index (χ4v) is 4.25. The molecule has 0 bridgehead atoms. The Kier molecular flexibility index (Phi) is 7.41. The SMILES string of the molecule is Cc1cccc(COc2ccc(/C(O)=C3/C(=O)C(=O)N(CCN(C)C)C3c3ccc(O)cc3)cc2)c1. The molecule has 4 rings (SSSR count). The van der Waals surface area contributed by atoms with Crippen molar-refractivity contribution in [2.75, 3.05) is 27.2 Å². The monoisotopic (exact) mass is 486 g/mol. The van der Waals surface area contributed by atoms with E-state index in [1.807, 2.05) is 44.1 Å². The molecule has 1 heterocycles. The minimum absolute atomic E-state index is 0.0258. The minimum atomic E-state index is -0.761. The second-order valence-corrected chi connectivity index (χ2v) is 9.19. The normalized spacial score (nSPS) is 17.1. The molecule has 1 aliphatic heterocycles. The Balaban J connectivity index is 1.64. The number of carbonyl (C=O) groups excluding carboxylic acids is 2. The van der Waals surface area contributed by atoms with E-state index in [2.05, 4.69) is 6.07 Å². The lowest BCUT2D eigenvalue weighted by Crippen LogP contribution is -2.35. The number of hydrogen-bond acceptors (Lipinski definition) is 6. The number of likely N-dealkylation sites (N-methyl/N-ethyl adjacent to an activating group) is 1. The number of carbonyl (C=O) groups is 2. The van der Waals surface area contributed by atoms with Gasteiger partial charge in [0.25, 0.3) is 11.7 Å². The van der Waals surface area contributed by atoms with Gasteiger partial charge in [-0.15, -0.1) is 0 Å². The van der Waals surface area contributed by atoms with E-state index < -0.39 is 17.7 Å². The summed E-state index contributed by atoms with van der Waals surface area (Å²) in [5.41, 5.74) is 3.27. The molecule has 7 nitrogen and oxygen atoms in total. The van der Waals surface area contributed by atoms with Crippen LogP contribution in [-0.2, 0) is 16.2 Å². The van der Waals surface area contributed by atoms with Gasteiger partial charge in [0.2, 0.25) is 0 Å². The van der Waals surface area contributed by atoms with Gasteiger partial charge in [0, 0.05) is 18.7 Å². The van der Waals surface area contributed by atoms with Crippen molar-refractivity contribution in [2.45, 2.75) is 19.6 Å². The van der Waals surface area contributed by atoms with E-state index in [1.54, 1.807) is 36.4 Å². The first kappa shape index (κ1) is 25.0. The van der Waals surface area contributed by atoms with Crippen molar-refractivity contribution in [3.05, 3.63) is 101 Å². The summed E-state index contributed by atoms with van der Waals surface area (Å²) in [6.07, 6.45) is 0. The number of amides is 1. The van der Waals surface area contributed by atoms with Gasteiger partial charge in [-0.25, -0.2) is 0 Å². The number of likely N-dealkylation sites (tertiary alicyclic amines) is 1. The van der Waals surface area contributed by atoms with E-state index in [0.29, 0.717) is 36.6 Å². The van der Waals surface area contributed by atoms with Crippen LogP contribution in [0.15, 0.2) is 78.4 Å². The second kappa shape index (κ2) is 10.7. The summed E-state index contributed by atoms with van der Waals surface area (Å²) in [7, 11) is 3.77. The summed E-state index contributed by atoms with van der Waals surface area (Å²) in [6, 6.07) is 20.4. The van der Waals surface area contributed by atoms with Gasteiger partial charge in [0.1, 0.15) is 23.9 Å². The Morgan fingerprint density at radius 1 is 1.00 bits per heavy atom. The van der Waals surface area contributed by atoms with Gasteiger partial charge >= 0.3 is 0 Å². The molecule has 1 aliphatic rings. The van der Waals surface area contributed by atoms with Gasteiger partial charge in [-0.2, -0.15) is 0 Å². The minimum Gasteiger partial charge on any atom is -0.508 e. The molecule has 1 fully saturated rings. The molecule has 7 heteroatoms. The number of aliphatic hydroxyl groups excluding tert-OH is 1. The van der Waals surface area contributed by atoms with E-state index in [9.17, 15) is 19.8 Å². The summed E-state index contributed by atoms with van der Waals surface area (Å²) in [6.45, 7) is 3.29. The number of phenolic OH excluding ortho intramolecular Hbond substituents is 1. The van der Waals surface area contributed by atoms with Gasteiger partial charge in [-0.3, -0.25) is 9.59 Å². The van der Waals surface area contributed by atoms with Crippen LogP contribution in [0.3, 0.4) is 0 Å². The Bertz CT molecular complexity index is 1280. The highest BCUT2D eigenvalue weighted by Crippen LogP contribution is 2.39. The molecule has 1 unspecified atom stereocenters. The number of benzene rings is 3. The Labute approximate surface area is 210 Å². The van der Waals surface area contributed by atoms with Crippen molar-refractivity contribution in [1.82, 2.24) is 9.80 Å². The lowest BCUT2D eigenvalue weighted by atomic mass is 9.95. The van der Waals surface area contributed by atoms with Gasteiger partial charge in [0.15, 0.2) is 0 Å². The number of phenols is 1. The first-order chi connectivity index (χ1) is 17.2. The van der Waals surface area contributed by atoms with E-state index in [0.717, 1.165) is 11.1 Å². The van der Waals surface area contributed by atoms with E-state index in [1.165, 1.54) is 17.0 Å². The third-order valence-electron chi connectivity index (χ3n) is 6.15. The molecular formula is C29H30N2O5. The molecule has 3 aromatic rings. The third kappa shape index (κ3) is 5.42. The number of hydrogen-bond donors (Lipinski definition) is 2. The number of ketones is 1. The van der Waals surface area contributed by atoms with Crippen LogP contribution in [0.25, 0.3) is 5.76 Å². The van der Waals surface area contributed by atoms with Crippen molar-refractivity contribution in [2.24, 2.45) is 0 Å². The quantitative estimate of drug-likeness (QED) is 0.281. The lowest BCUT2D eigenvalue weighted by Gasteiger charge is -2.26. The second-order valence-electron chi connectivity index (χ2n) is 9.19. The number of aromatic hydroxyl groups is 1. The zero-order valence-corrected chi connectivity index (χ0v) is 20.6. The van der Waals surface area contributed by atoms with Crippen LogP contribution >= 0.6 is 0 Å². The van der Waals surface area contributed by atoms with Crippen LogP contribution in [0.4, 0.5) is 0 Å². The lowest BCUT2D eigenvalue weighted by molar-refractivity contribution is -0.140. The molecule has 0 aliphatic carbocycles. The zero-order valence-electron chi connectivity index (χ0n) is 20.6. The average Bonchev–Trinajstić information content (AvgIpc) is 3.11. The number of aliphatic hydroxyl groups is 1. The molecule has 186 valence electrons. The Hall–Kier alpha value is -4.10. The summed E-state index contributed by atoms with van der Waals surface area (Å²) < 4.78 is 5.86. The average molecular weight is 487 g/mol. The zero-order chi connectivity index (χ0) is 25.8. The maximum Gasteiger partial charge on any atom is 0.295 e. The fourth-order valence-electron chi connectivity index (χ4n) is 4.25. The van der Waals surface area contributed by atoms with Gasteiger partial charge < -0.3 is 24.7 Å². The van der Waals surface area contributed by atoms with Crippen molar-refractivity contribution in [3.8, 4) is 11.5 Å². The molecule has 2 N–H and O–H groups in total. The Morgan fingerprint density at radius 3 is 2.33 bits per heavy atom. The molecule has 1 amide bonds. The molecular weight excluding hydrogens is 456 g/mol. The molecule has 0 radical (unpaired) electrons. The molecule has 0 saturated carbocycles. The van der Waals surface area contributed by atoms with E-state index in [-0.39, 0.29) is 17.1 Å². The van der Waals surface area contributed by atoms with Gasteiger partial charge in [-0.05, 0) is 68.5 Å². The highest BCUT2D eigenvalue weighted by atomic mass is 16.5. The maximum atomic E-state index is 13.1. The van der Waals surface area contributed by atoms with Gasteiger partial charge in [0.05, 0.1) is 11.6 Å².